The number of aliphatic hydroxyl groups is 1. The molecule has 3 nitrogen and oxygen atoms in total. The molecule has 0 aromatic carbocycles. The predicted octanol–water partition coefficient (Wildman–Crippen LogP) is -0.715. The van der Waals surface area contributed by atoms with Gasteiger partial charge in [0.1, 0.15) is 5.78 Å². The first-order chi connectivity index (χ1) is 4.24. The van der Waals surface area contributed by atoms with Crippen molar-refractivity contribution in [1.82, 2.24) is 0 Å². The first-order valence-corrected chi connectivity index (χ1v) is 3.13. The Hall–Kier alpha value is -0.410. The van der Waals surface area contributed by atoms with Crippen LogP contribution in [0.2, 0.25) is 0 Å². The van der Waals surface area contributed by atoms with E-state index in [1.165, 1.54) is 0 Å². The molecule has 0 heterocycles. The number of Topliss-reactive ketones (excluding diaryl/α,β-unsaturated/α-hetero) is 1. The Morgan fingerprint density at radius 2 is 2.44 bits per heavy atom. The van der Waals surface area contributed by atoms with Gasteiger partial charge in [0.15, 0.2) is 0 Å². The second-order valence-corrected chi connectivity index (χ2v) is 2.55. The number of hydrogen-bond donors (Lipinski definition) is 2. The minimum Gasteiger partial charge on any atom is -0.396 e. The van der Waals surface area contributed by atoms with E-state index in [9.17, 15) is 4.79 Å². The van der Waals surface area contributed by atoms with Gasteiger partial charge in [-0.25, -0.2) is 0 Å². The van der Waals surface area contributed by atoms with Crippen LogP contribution < -0.4 is 5.73 Å². The average molecular weight is 129 g/mol. The van der Waals surface area contributed by atoms with Crippen LogP contribution in [0.3, 0.4) is 0 Å². The van der Waals surface area contributed by atoms with E-state index in [0.29, 0.717) is 12.8 Å². The summed E-state index contributed by atoms with van der Waals surface area (Å²) in [5.74, 6) is -0.0509. The fraction of sp³-hybridized carbons (Fsp3) is 0.833. The molecule has 1 aliphatic rings. The van der Waals surface area contributed by atoms with E-state index in [0.717, 1.165) is 0 Å². The molecule has 1 fully saturated rings. The molecule has 3 N–H and O–H groups in total. The van der Waals surface area contributed by atoms with Crippen molar-refractivity contribution >= 4 is 5.78 Å². The summed E-state index contributed by atoms with van der Waals surface area (Å²) in [4.78, 5) is 10.8. The Labute approximate surface area is 53.9 Å². The van der Waals surface area contributed by atoms with Crippen molar-refractivity contribution < 1.29 is 9.90 Å². The number of carbonyl (C=O) groups is 1. The fourth-order valence-corrected chi connectivity index (χ4v) is 1.18. The van der Waals surface area contributed by atoms with Gasteiger partial charge in [-0.2, -0.15) is 0 Å². The van der Waals surface area contributed by atoms with E-state index in [2.05, 4.69) is 0 Å². The molecule has 1 aliphatic carbocycles. The van der Waals surface area contributed by atoms with Crippen molar-refractivity contribution in [3.8, 4) is 0 Å². The molecule has 0 saturated heterocycles. The molecule has 3 heteroatoms. The highest BCUT2D eigenvalue weighted by Gasteiger charge is 2.29. The summed E-state index contributed by atoms with van der Waals surface area (Å²) in [6, 6.07) is -0.00495. The summed E-state index contributed by atoms with van der Waals surface area (Å²) in [6.45, 7) is -0.0352. The number of rotatable bonds is 1. The van der Waals surface area contributed by atoms with Gasteiger partial charge in [0.25, 0.3) is 0 Å². The molecule has 0 aromatic rings. The van der Waals surface area contributed by atoms with Crippen molar-refractivity contribution in [1.29, 1.82) is 0 Å². The third kappa shape index (κ3) is 1.28. The molecule has 0 bridgehead atoms. The molecule has 0 aliphatic heterocycles. The lowest BCUT2D eigenvalue weighted by Gasteiger charge is -2.00. The van der Waals surface area contributed by atoms with Crippen LogP contribution in [-0.4, -0.2) is 23.5 Å². The Morgan fingerprint density at radius 3 is 2.67 bits per heavy atom. The number of nitrogens with two attached hydrogens (primary N) is 1. The van der Waals surface area contributed by atoms with Crippen LogP contribution in [0.1, 0.15) is 12.8 Å². The molecule has 1 saturated carbocycles. The van der Waals surface area contributed by atoms with E-state index in [1.54, 1.807) is 0 Å². The molecular weight excluding hydrogens is 118 g/mol. The van der Waals surface area contributed by atoms with Crippen LogP contribution in [0.4, 0.5) is 0 Å². The Kier molecular flexibility index (Phi) is 1.83. The zero-order valence-corrected chi connectivity index (χ0v) is 5.21. The monoisotopic (exact) mass is 129 g/mol. The van der Waals surface area contributed by atoms with E-state index in [-0.39, 0.29) is 24.3 Å². The first-order valence-electron chi connectivity index (χ1n) is 3.13. The quantitative estimate of drug-likeness (QED) is 0.491. The summed E-state index contributed by atoms with van der Waals surface area (Å²) in [7, 11) is 0. The zero-order chi connectivity index (χ0) is 6.85. The molecule has 0 aromatic heterocycles. The van der Waals surface area contributed by atoms with Gasteiger partial charge in [-0.15, -0.1) is 0 Å². The number of carbonyl (C=O) groups excluding carboxylic acids is 1. The standard InChI is InChI=1S/C6H11NO2/c7-5-1-4(3-8)6(9)2-5/h4-5,8H,1-3,7H2. The lowest BCUT2D eigenvalue weighted by atomic mass is 10.1. The second-order valence-electron chi connectivity index (χ2n) is 2.55. The molecular formula is C6H11NO2. The minimum atomic E-state index is -0.167. The van der Waals surface area contributed by atoms with Gasteiger partial charge < -0.3 is 10.8 Å². The van der Waals surface area contributed by atoms with Crippen molar-refractivity contribution in [2.24, 2.45) is 11.7 Å². The van der Waals surface area contributed by atoms with Gasteiger partial charge in [0.05, 0.1) is 6.61 Å². The minimum absolute atomic E-state index is 0.00495. The maximum absolute atomic E-state index is 10.8. The third-order valence-corrected chi connectivity index (χ3v) is 1.73. The van der Waals surface area contributed by atoms with Gasteiger partial charge >= 0.3 is 0 Å². The van der Waals surface area contributed by atoms with Crippen LogP contribution in [0, 0.1) is 5.92 Å². The summed E-state index contributed by atoms with van der Waals surface area (Å²) in [5.41, 5.74) is 5.46. The lowest BCUT2D eigenvalue weighted by Crippen LogP contribution is -2.15. The van der Waals surface area contributed by atoms with Crippen LogP contribution in [0.25, 0.3) is 0 Å². The Balaban J connectivity index is 2.48. The molecule has 0 amide bonds. The van der Waals surface area contributed by atoms with Gasteiger partial charge in [-0.1, -0.05) is 0 Å². The molecule has 2 unspecified atom stereocenters. The van der Waals surface area contributed by atoms with Gasteiger partial charge in [0.2, 0.25) is 0 Å². The van der Waals surface area contributed by atoms with E-state index < -0.39 is 0 Å². The van der Waals surface area contributed by atoms with Crippen LogP contribution >= 0.6 is 0 Å². The topological polar surface area (TPSA) is 63.3 Å². The smallest absolute Gasteiger partial charge is 0.139 e. The zero-order valence-electron chi connectivity index (χ0n) is 5.21. The lowest BCUT2D eigenvalue weighted by molar-refractivity contribution is -0.121. The summed E-state index contributed by atoms with van der Waals surface area (Å²) in [5, 5.41) is 8.58. The largest absolute Gasteiger partial charge is 0.396 e. The maximum atomic E-state index is 10.8. The van der Waals surface area contributed by atoms with Crippen LogP contribution in [0.15, 0.2) is 0 Å². The SMILES string of the molecule is NC1CC(=O)C(CO)C1. The van der Waals surface area contributed by atoms with Gasteiger partial charge in [0, 0.05) is 18.4 Å². The van der Waals surface area contributed by atoms with Crippen molar-refractivity contribution in [2.45, 2.75) is 18.9 Å². The maximum Gasteiger partial charge on any atom is 0.139 e. The first kappa shape index (κ1) is 6.71. The van der Waals surface area contributed by atoms with Crippen LogP contribution in [0.5, 0.6) is 0 Å². The Morgan fingerprint density at radius 1 is 1.78 bits per heavy atom. The van der Waals surface area contributed by atoms with Gasteiger partial charge in [-0.3, -0.25) is 4.79 Å². The predicted molar refractivity (Wildman–Crippen MR) is 32.8 cm³/mol. The highest BCUT2D eigenvalue weighted by atomic mass is 16.3. The summed E-state index contributed by atoms with van der Waals surface area (Å²) >= 11 is 0. The number of aliphatic hydroxyl groups excluding tert-OH is 1. The summed E-state index contributed by atoms with van der Waals surface area (Å²) in [6.07, 6.45) is 1.11. The van der Waals surface area contributed by atoms with Crippen LogP contribution in [-0.2, 0) is 4.79 Å². The molecule has 52 valence electrons. The van der Waals surface area contributed by atoms with E-state index in [1.807, 2.05) is 0 Å². The molecule has 2 atom stereocenters. The second kappa shape index (κ2) is 2.45. The molecule has 1 rings (SSSR count). The molecule has 9 heavy (non-hydrogen) atoms. The number of hydrogen-bond acceptors (Lipinski definition) is 3. The highest BCUT2D eigenvalue weighted by molar-refractivity contribution is 5.83. The number of ketones is 1. The third-order valence-electron chi connectivity index (χ3n) is 1.73. The fourth-order valence-electron chi connectivity index (χ4n) is 1.18. The summed E-state index contributed by atoms with van der Waals surface area (Å²) < 4.78 is 0. The highest BCUT2D eigenvalue weighted by Crippen LogP contribution is 2.19. The van der Waals surface area contributed by atoms with Gasteiger partial charge in [-0.05, 0) is 6.42 Å². The van der Waals surface area contributed by atoms with Crippen molar-refractivity contribution in [3.63, 3.8) is 0 Å². The average Bonchev–Trinajstić information content (AvgIpc) is 2.10. The van der Waals surface area contributed by atoms with Crippen molar-refractivity contribution in [2.75, 3.05) is 6.61 Å². The Bertz CT molecular complexity index is 124. The van der Waals surface area contributed by atoms with E-state index in [4.69, 9.17) is 10.8 Å². The molecule has 0 radical (unpaired) electrons. The normalized spacial score (nSPS) is 35.6. The van der Waals surface area contributed by atoms with Crippen molar-refractivity contribution in [3.05, 3.63) is 0 Å². The van der Waals surface area contributed by atoms with E-state index >= 15 is 0 Å². The molecule has 0 spiro atoms.